The molecule has 2 atom stereocenters. The van der Waals surface area contributed by atoms with E-state index in [1.165, 1.54) is 12.0 Å². The Bertz CT molecular complexity index is 678. The number of nitrogens with zero attached hydrogens (tertiary/aromatic N) is 2. The Morgan fingerprint density at radius 2 is 1.77 bits per heavy atom. The van der Waals surface area contributed by atoms with E-state index in [2.05, 4.69) is 72.4 Å². The number of carbonyl (C=O) groups excluding carboxylic acids is 1. The molecule has 0 radical (unpaired) electrons. The number of hydrogen-bond acceptors (Lipinski definition) is 4. The number of likely N-dealkylation sites (tertiary alicyclic amines) is 1. The maximum atomic E-state index is 12.4. The van der Waals surface area contributed by atoms with Gasteiger partial charge in [-0.2, -0.15) is 0 Å². The molecule has 0 saturated carbocycles. The lowest BCUT2D eigenvalue weighted by Gasteiger charge is -2.45. The fraction of sp³-hybridized carbons (Fsp3) is 0.708. The monoisotopic (exact) mass is 416 g/mol. The molecule has 168 valence electrons. The van der Waals surface area contributed by atoms with Gasteiger partial charge in [-0.15, -0.1) is 0 Å². The molecule has 2 N–H and O–H groups in total. The lowest BCUT2D eigenvalue weighted by atomic mass is 9.88. The number of hydrogen-bond donors (Lipinski definition) is 2. The Morgan fingerprint density at radius 3 is 2.47 bits per heavy atom. The van der Waals surface area contributed by atoms with Crippen LogP contribution in [0.1, 0.15) is 45.2 Å². The third-order valence-corrected chi connectivity index (χ3v) is 6.36. The highest BCUT2D eigenvalue weighted by Gasteiger charge is 2.32. The predicted molar refractivity (Wildman–Crippen MR) is 121 cm³/mol. The summed E-state index contributed by atoms with van der Waals surface area (Å²) in [6.07, 6.45) is 1.30. The molecule has 0 spiro atoms. The Kier molecular flexibility index (Phi) is 8.14. The summed E-state index contributed by atoms with van der Waals surface area (Å²) in [5.41, 5.74) is 2.37. The van der Waals surface area contributed by atoms with Crippen molar-refractivity contribution < 1.29 is 9.53 Å². The zero-order chi connectivity index (χ0) is 21.6. The van der Waals surface area contributed by atoms with Crippen molar-refractivity contribution in [3.63, 3.8) is 0 Å². The molecule has 2 aliphatic rings. The van der Waals surface area contributed by atoms with Gasteiger partial charge >= 0.3 is 6.03 Å². The lowest BCUT2D eigenvalue weighted by molar-refractivity contribution is 0.0342. The predicted octanol–water partition coefficient (Wildman–Crippen LogP) is 3.07. The molecule has 1 aromatic rings. The summed E-state index contributed by atoms with van der Waals surface area (Å²) in [6.45, 7) is 17.0. The van der Waals surface area contributed by atoms with Gasteiger partial charge in [-0.05, 0) is 43.2 Å². The van der Waals surface area contributed by atoms with E-state index in [9.17, 15) is 4.79 Å². The zero-order valence-corrected chi connectivity index (χ0v) is 19.2. The maximum Gasteiger partial charge on any atom is 0.315 e. The highest BCUT2D eigenvalue weighted by molar-refractivity contribution is 5.73. The normalized spacial score (nSPS) is 23.9. The van der Waals surface area contributed by atoms with E-state index < -0.39 is 0 Å². The number of benzene rings is 1. The van der Waals surface area contributed by atoms with Crippen molar-refractivity contribution in [3.8, 4) is 0 Å². The first-order chi connectivity index (χ1) is 14.3. The summed E-state index contributed by atoms with van der Waals surface area (Å²) in [6, 6.07) is 8.40. The van der Waals surface area contributed by atoms with Crippen molar-refractivity contribution in [2.75, 3.05) is 45.9 Å². The number of ether oxygens (including phenoxy) is 1. The SMILES string of the molecule is CC1CC(C)CN(C(C)(C)CNC(=O)NCc2cccc(CN3CCOCC3)c2)C1. The molecule has 1 aromatic carbocycles. The smallest absolute Gasteiger partial charge is 0.315 e. The molecule has 2 aliphatic heterocycles. The number of morpholine rings is 1. The third-order valence-electron chi connectivity index (χ3n) is 6.36. The molecular weight excluding hydrogens is 376 g/mol. The first-order valence-corrected chi connectivity index (χ1v) is 11.5. The minimum absolute atomic E-state index is 0.0433. The molecular formula is C24H40N4O2. The van der Waals surface area contributed by atoms with Crippen LogP contribution in [0.25, 0.3) is 0 Å². The van der Waals surface area contributed by atoms with Crippen LogP contribution >= 0.6 is 0 Å². The summed E-state index contributed by atoms with van der Waals surface area (Å²) in [5.74, 6) is 1.43. The highest BCUT2D eigenvalue weighted by Crippen LogP contribution is 2.26. The van der Waals surface area contributed by atoms with Crippen molar-refractivity contribution in [1.82, 2.24) is 20.4 Å². The van der Waals surface area contributed by atoms with Gasteiger partial charge in [0, 0.05) is 51.4 Å². The molecule has 0 aromatic heterocycles. The topological polar surface area (TPSA) is 56.8 Å². The lowest BCUT2D eigenvalue weighted by Crippen LogP contribution is -2.56. The summed E-state index contributed by atoms with van der Waals surface area (Å²) in [7, 11) is 0. The summed E-state index contributed by atoms with van der Waals surface area (Å²) < 4.78 is 5.42. The molecule has 0 bridgehead atoms. The van der Waals surface area contributed by atoms with Crippen LogP contribution in [0.5, 0.6) is 0 Å². The molecule has 2 saturated heterocycles. The standard InChI is InChI=1S/C24H40N4O2/c1-19-12-20(2)16-28(15-19)24(3,4)18-26-23(29)25-14-21-6-5-7-22(13-21)17-27-8-10-30-11-9-27/h5-7,13,19-20H,8-12,14-18H2,1-4H3,(H2,25,26,29). The van der Waals surface area contributed by atoms with E-state index in [4.69, 9.17) is 4.74 Å². The largest absolute Gasteiger partial charge is 0.379 e. The van der Waals surface area contributed by atoms with Crippen molar-refractivity contribution in [3.05, 3.63) is 35.4 Å². The number of amides is 2. The number of piperidine rings is 1. The van der Waals surface area contributed by atoms with Crippen LogP contribution in [0.15, 0.2) is 24.3 Å². The Labute approximate surface area is 182 Å². The van der Waals surface area contributed by atoms with Gasteiger partial charge in [-0.3, -0.25) is 9.80 Å². The van der Waals surface area contributed by atoms with E-state index in [-0.39, 0.29) is 11.6 Å². The Balaban J connectivity index is 1.43. The number of nitrogens with one attached hydrogen (secondary N) is 2. The van der Waals surface area contributed by atoms with Gasteiger partial charge in [0.2, 0.25) is 0 Å². The van der Waals surface area contributed by atoms with Crippen LogP contribution in [-0.2, 0) is 17.8 Å². The first kappa shape index (κ1) is 23.0. The molecule has 2 unspecified atom stereocenters. The minimum Gasteiger partial charge on any atom is -0.379 e. The second-order valence-electron chi connectivity index (χ2n) is 9.91. The van der Waals surface area contributed by atoms with Crippen LogP contribution in [0, 0.1) is 11.8 Å². The Hall–Kier alpha value is -1.63. The molecule has 0 aliphatic carbocycles. The second-order valence-corrected chi connectivity index (χ2v) is 9.91. The summed E-state index contributed by atoms with van der Waals surface area (Å²) in [5, 5.41) is 6.11. The fourth-order valence-corrected chi connectivity index (χ4v) is 4.67. The van der Waals surface area contributed by atoms with Crippen LogP contribution in [-0.4, -0.2) is 67.3 Å². The maximum absolute atomic E-state index is 12.4. The van der Waals surface area contributed by atoms with Crippen LogP contribution in [0.4, 0.5) is 4.79 Å². The summed E-state index contributed by atoms with van der Waals surface area (Å²) >= 11 is 0. The average molecular weight is 417 g/mol. The molecule has 2 fully saturated rings. The minimum atomic E-state index is -0.0974. The molecule has 6 nitrogen and oxygen atoms in total. The molecule has 2 heterocycles. The van der Waals surface area contributed by atoms with Crippen LogP contribution in [0.2, 0.25) is 0 Å². The molecule has 2 amide bonds. The van der Waals surface area contributed by atoms with Gasteiger partial charge in [-0.25, -0.2) is 4.79 Å². The number of rotatable bonds is 7. The van der Waals surface area contributed by atoms with Crippen molar-refractivity contribution in [2.45, 2.75) is 52.7 Å². The second kappa shape index (κ2) is 10.6. The van der Waals surface area contributed by atoms with Crippen molar-refractivity contribution in [1.29, 1.82) is 0 Å². The van der Waals surface area contributed by atoms with E-state index in [1.807, 2.05) is 0 Å². The van der Waals surface area contributed by atoms with Gasteiger partial charge in [0.15, 0.2) is 0 Å². The first-order valence-electron chi connectivity index (χ1n) is 11.5. The van der Waals surface area contributed by atoms with Gasteiger partial charge in [0.25, 0.3) is 0 Å². The molecule has 3 rings (SSSR count). The van der Waals surface area contributed by atoms with Gasteiger partial charge in [0.1, 0.15) is 0 Å². The van der Waals surface area contributed by atoms with E-state index in [0.29, 0.717) is 24.9 Å². The molecule has 6 heteroatoms. The van der Waals surface area contributed by atoms with Gasteiger partial charge in [-0.1, -0.05) is 38.1 Å². The van der Waals surface area contributed by atoms with Crippen molar-refractivity contribution in [2.24, 2.45) is 11.8 Å². The number of urea groups is 1. The average Bonchev–Trinajstić information content (AvgIpc) is 2.71. The van der Waals surface area contributed by atoms with Gasteiger partial charge in [0.05, 0.1) is 13.2 Å². The van der Waals surface area contributed by atoms with Crippen LogP contribution < -0.4 is 10.6 Å². The van der Waals surface area contributed by atoms with Crippen LogP contribution in [0.3, 0.4) is 0 Å². The van der Waals surface area contributed by atoms with E-state index >= 15 is 0 Å². The zero-order valence-electron chi connectivity index (χ0n) is 19.2. The highest BCUT2D eigenvalue weighted by atomic mass is 16.5. The fourth-order valence-electron chi connectivity index (χ4n) is 4.67. The summed E-state index contributed by atoms with van der Waals surface area (Å²) in [4.78, 5) is 17.4. The Morgan fingerprint density at radius 1 is 1.10 bits per heavy atom. The van der Waals surface area contributed by atoms with Crippen molar-refractivity contribution >= 4 is 6.03 Å². The van der Waals surface area contributed by atoms with E-state index in [1.54, 1.807) is 0 Å². The van der Waals surface area contributed by atoms with Gasteiger partial charge < -0.3 is 15.4 Å². The number of carbonyl (C=O) groups is 1. The molecule has 30 heavy (non-hydrogen) atoms. The third kappa shape index (κ3) is 6.96. The van der Waals surface area contributed by atoms with E-state index in [0.717, 1.165) is 51.5 Å². The quantitative estimate of drug-likeness (QED) is 0.717.